The van der Waals surface area contributed by atoms with Crippen LogP contribution in [-0.2, 0) is 0 Å². The van der Waals surface area contributed by atoms with Gasteiger partial charge in [-0.15, -0.1) is 0 Å². The van der Waals surface area contributed by atoms with Crippen LogP contribution in [-0.4, -0.2) is 5.11 Å². The van der Waals surface area contributed by atoms with E-state index in [1.165, 1.54) is 24.8 Å². The highest BCUT2D eigenvalue weighted by Crippen LogP contribution is 2.38. The molecule has 1 saturated carbocycles. The summed E-state index contributed by atoms with van der Waals surface area (Å²) in [5.41, 5.74) is 3.57. The largest absolute Gasteiger partial charge is 0.506 e. The second kappa shape index (κ2) is 4.66. The minimum Gasteiger partial charge on any atom is -0.506 e. The van der Waals surface area contributed by atoms with Gasteiger partial charge in [0.1, 0.15) is 5.75 Å². The number of phenols is 1. The van der Waals surface area contributed by atoms with Crippen molar-refractivity contribution in [3.8, 4) is 16.9 Å². The average molecular weight is 259 g/mol. The SMILES string of the molecule is Oc1cc(-c2cccc(C3CCC3)c2)ccc1Cl. The van der Waals surface area contributed by atoms with Crippen LogP contribution in [0, 0.1) is 0 Å². The standard InChI is InChI=1S/C16H15ClO/c17-15-8-7-14(10-16(15)18)13-6-2-5-12(9-13)11-3-1-4-11/h2,5-11,18H,1,3-4H2. The quantitative estimate of drug-likeness (QED) is 0.805. The minimum absolute atomic E-state index is 0.142. The number of phenolic OH excluding ortho intramolecular Hbond substituents is 1. The van der Waals surface area contributed by atoms with Gasteiger partial charge >= 0.3 is 0 Å². The molecule has 0 radical (unpaired) electrons. The first-order chi connectivity index (χ1) is 8.74. The Morgan fingerprint density at radius 3 is 2.44 bits per heavy atom. The lowest BCUT2D eigenvalue weighted by molar-refractivity contribution is 0.420. The molecule has 0 heterocycles. The van der Waals surface area contributed by atoms with E-state index in [1.54, 1.807) is 12.1 Å². The third-order valence-electron chi connectivity index (χ3n) is 3.74. The molecule has 2 heteroatoms. The summed E-state index contributed by atoms with van der Waals surface area (Å²) < 4.78 is 0. The van der Waals surface area contributed by atoms with Gasteiger partial charge in [-0.1, -0.05) is 48.4 Å². The monoisotopic (exact) mass is 258 g/mol. The van der Waals surface area contributed by atoms with Crippen LogP contribution in [0.3, 0.4) is 0 Å². The Labute approximate surface area is 112 Å². The number of hydrogen-bond acceptors (Lipinski definition) is 1. The van der Waals surface area contributed by atoms with Crippen LogP contribution in [0.15, 0.2) is 42.5 Å². The van der Waals surface area contributed by atoms with Gasteiger partial charge in [0, 0.05) is 0 Å². The number of halogens is 1. The van der Waals surface area contributed by atoms with E-state index in [1.807, 2.05) is 6.07 Å². The van der Waals surface area contributed by atoms with Crippen molar-refractivity contribution in [3.63, 3.8) is 0 Å². The van der Waals surface area contributed by atoms with Crippen LogP contribution in [0.4, 0.5) is 0 Å². The Kier molecular flexibility index (Phi) is 3.00. The molecule has 0 spiro atoms. The van der Waals surface area contributed by atoms with Crippen LogP contribution >= 0.6 is 11.6 Å². The topological polar surface area (TPSA) is 20.2 Å². The van der Waals surface area contributed by atoms with E-state index < -0.39 is 0 Å². The number of hydrogen-bond donors (Lipinski definition) is 1. The summed E-state index contributed by atoms with van der Waals surface area (Å²) in [5, 5.41) is 10.1. The van der Waals surface area contributed by atoms with Crippen molar-refractivity contribution < 1.29 is 5.11 Å². The molecule has 0 saturated heterocycles. The Morgan fingerprint density at radius 1 is 1.00 bits per heavy atom. The van der Waals surface area contributed by atoms with E-state index in [0.717, 1.165) is 17.0 Å². The first kappa shape index (κ1) is 11.6. The van der Waals surface area contributed by atoms with Gasteiger partial charge in [-0.3, -0.25) is 0 Å². The molecule has 2 aromatic rings. The molecular weight excluding hydrogens is 244 g/mol. The van der Waals surface area contributed by atoms with E-state index in [9.17, 15) is 5.11 Å². The fourth-order valence-electron chi connectivity index (χ4n) is 2.41. The van der Waals surface area contributed by atoms with Gasteiger partial charge in [0.25, 0.3) is 0 Å². The van der Waals surface area contributed by atoms with Crippen molar-refractivity contribution in [2.24, 2.45) is 0 Å². The minimum atomic E-state index is 0.142. The van der Waals surface area contributed by atoms with Gasteiger partial charge in [0.2, 0.25) is 0 Å². The Morgan fingerprint density at radius 2 is 1.78 bits per heavy atom. The predicted molar refractivity (Wildman–Crippen MR) is 75.1 cm³/mol. The van der Waals surface area contributed by atoms with Crippen molar-refractivity contribution in [3.05, 3.63) is 53.1 Å². The van der Waals surface area contributed by atoms with E-state index in [0.29, 0.717) is 5.02 Å². The molecule has 92 valence electrons. The normalized spacial score (nSPS) is 15.4. The molecular formula is C16H15ClO. The molecule has 18 heavy (non-hydrogen) atoms. The van der Waals surface area contributed by atoms with Gasteiger partial charge < -0.3 is 5.11 Å². The molecule has 0 amide bonds. The second-order valence-corrected chi connectivity index (χ2v) is 5.33. The molecule has 0 bridgehead atoms. The van der Waals surface area contributed by atoms with Gasteiger partial charge in [0.15, 0.2) is 0 Å². The molecule has 0 unspecified atom stereocenters. The Hall–Kier alpha value is -1.47. The van der Waals surface area contributed by atoms with Crippen LogP contribution < -0.4 is 0 Å². The highest BCUT2D eigenvalue weighted by Gasteiger charge is 2.19. The molecule has 1 aliphatic carbocycles. The first-order valence-corrected chi connectivity index (χ1v) is 6.71. The molecule has 1 nitrogen and oxygen atoms in total. The molecule has 1 fully saturated rings. The van der Waals surface area contributed by atoms with Crippen LogP contribution in [0.1, 0.15) is 30.7 Å². The number of benzene rings is 2. The number of aromatic hydroxyl groups is 1. The summed E-state index contributed by atoms with van der Waals surface area (Å²) in [5.74, 6) is 0.870. The van der Waals surface area contributed by atoms with Gasteiger partial charge in [-0.05, 0) is 47.6 Å². The summed E-state index contributed by atoms with van der Waals surface area (Å²) in [7, 11) is 0. The summed E-state index contributed by atoms with van der Waals surface area (Å²) >= 11 is 5.83. The fraction of sp³-hybridized carbons (Fsp3) is 0.250. The number of rotatable bonds is 2. The van der Waals surface area contributed by atoms with Gasteiger partial charge in [-0.2, -0.15) is 0 Å². The third-order valence-corrected chi connectivity index (χ3v) is 4.06. The maximum atomic E-state index is 9.67. The van der Waals surface area contributed by atoms with Gasteiger partial charge in [-0.25, -0.2) is 0 Å². The van der Waals surface area contributed by atoms with Crippen molar-refractivity contribution in [2.75, 3.05) is 0 Å². The van der Waals surface area contributed by atoms with Gasteiger partial charge in [0.05, 0.1) is 5.02 Å². The maximum absolute atomic E-state index is 9.67. The van der Waals surface area contributed by atoms with Crippen molar-refractivity contribution in [2.45, 2.75) is 25.2 Å². The lowest BCUT2D eigenvalue weighted by atomic mass is 9.79. The smallest absolute Gasteiger partial charge is 0.134 e. The molecule has 0 aromatic heterocycles. The third kappa shape index (κ3) is 2.11. The summed E-state index contributed by atoms with van der Waals surface area (Å²) in [6.07, 6.45) is 3.95. The molecule has 1 aliphatic rings. The van der Waals surface area contributed by atoms with E-state index in [2.05, 4.69) is 24.3 Å². The van der Waals surface area contributed by atoms with Crippen molar-refractivity contribution in [1.82, 2.24) is 0 Å². The summed E-state index contributed by atoms with van der Waals surface area (Å²) in [6, 6.07) is 14.0. The molecule has 0 aliphatic heterocycles. The zero-order valence-corrected chi connectivity index (χ0v) is 10.8. The van der Waals surface area contributed by atoms with E-state index in [4.69, 9.17) is 11.6 Å². The molecule has 1 N–H and O–H groups in total. The summed E-state index contributed by atoms with van der Waals surface area (Å²) in [4.78, 5) is 0. The summed E-state index contributed by atoms with van der Waals surface area (Å²) in [6.45, 7) is 0. The molecule has 0 atom stereocenters. The highest BCUT2D eigenvalue weighted by molar-refractivity contribution is 6.32. The van der Waals surface area contributed by atoms with Crippen LogP contribution in [0.2, 0.25) is 5.02 Å². The maximum Gasteiger partial charge on any atom is 0.134 e. The van der Waals surface area contributed by atoms with Crippen molar-refractivity contribution >= 4 is 11.6 Å². The lowest BCUT2D eigenvalue weighted by Gasteiger charge is -2.26. The Balaban J connectivity index is 1.97. The van der Waals surface area contributed by atoms with Crippen molar-refractivity contribution in [1.29, 1.82) is 0 Å². The Bertz CT molecular complexity index is 573. The van der Waals surface area contributed by atoms with Crippen LogP contribution in [0.25, 0.3) is 11.1 Å². The zero-order chi connectivity index (χ0) is 12.5. The highest BCUT2D eigenvalue weighted by atomic mass is 35.5. The van der Waals surface area contributed by atoms with E-state index in [-0.39, 0.29) is 5.75 Å². The predicted octanol–water partition coefficient (Wildman–Crippen LogP) is 4.98. The first-order valence-electron chi connectivity index (χ1n) is 6.33. The molecule has 2 aromatic carbocycles. The fourth-order valence-corrected chi connectivity index (χ4v) is 2.52. The average Bonchev–Trinajstić information content (AvgIpc) is 2.31. The second-order valence-electron chi connectivity index (χ2n) is 4.92. The van der Waals surface area contributed by atoms with Crippen LogP contribution in [0.5, 0.6) is 5.75 Å². The van der Waals surface area contributed by atoms with E-state index >= 15 is 0 Å². The molecule has 3 rings (SSSR count). The zero-order valence-electron chi connectivity index (χ0n) is 10.1. The lowest BCUT2D eigenvalue weighted by Crippen LogP contribution is -2.08.